The number of rotatable bonds is 4. The predicted molar refractivity (Wildman–Crippen MR) is 100.0 cm³/mol. The fourth-order valence-corrected chi connectivity index (χ4v) is 2.60. The van der Waals surface area contributed by atoms with E-state index in [2.05, 4.69) is 24.4 Å². The molecule has 116 valence electrons. The second-order valence-electron chi connectivity index (χ2n) is 5.05. The lowest BCUT2D eigenvalue weighted by Gasteiger charge is -2.22. The van der Waals surface area contributed by atoms with Gasteiger partial charge in [0.1, 0.15) is 0 Å². The maximum absolute atomic E-state index is 6.21. The van der Waals surface area contributed by atoms with Crippen molar-refractivity contribution in [2.45, 2.75) is 19.9 Å². The number of nitrogens with one attached hydrogen (secondary N) is 1. The Kier molecular flexibility index (Phi) is 6.07. The molecule has 0 amide bonds. The highest BCUT2D eigenvalue weighted by atomic mass is 35.5. The Hall–Kier alpha value is -1.29. The van der Waals surface area contributed by atoms with Crippen LogP contribution in [0.15, 0.2) is 42.5 Å². The van der Waals surface area contributed by atoms with Gasteiger partial charge in [-0.15, -0.1) is 0 Å². The van der Waals surface area contributed by atoms with Gasteiger partial charge >= 0.3 is 0 Å². The van der Waals surface area contributed by atoms with Crippen LogP contribution in [0.1, 0.15) is 18.1 Å². The normalized spacial score (nSPS) is 10.4. The van der Waals surface area contributed by atoms with E-state index < -0.39 is 0 Å². The lowest BCUT2D eigenvalue weighted by molar-refractivity contribution is 0.508. The number of benzene rings is 2. The summed E-state index contributed by atoms with van der Waals surface area (Å²) in [6, 6.07) is 13.9. The average Bonchev–Trinajstić information content (AvgIpc) is 2.52. The van der Waals surface area contributed by atoms with E-state index in [1.54, 1.807) is 6.07 Å². The van der Waals surface area contributed by atoms with Crippen LogP contribution in [0.4, 0.5) is 5.69 Å². The summed E-state index contributed by atoms with van der Waals surface area (Å²) < 4.78 is 0. The smallest absolute Gasteiger partial charge is 0.173 e. The SMILES string of the molecule is CCc1ccc(NC(=S)N(C)Cc2cccc(Cl)c2Cl)cc1. The molecule has 0 radical (unpaired) electrons. The molecule has 0 bridgehead atoms. The number of hydrogen-bond acceptors (Lipinski definition) is 1. The molecule has 2 nitrogen and oxygen atoms in total. The molecule has 2 aromatic carbocycles. The molecule has 0 aromatic heterocycles. The fourth-order valence-electron chi connectivity index (χ4n) is 2.04. The zero-order valence-corrected chi connectivity index (χ0v) is 14.9. The number of nitrogens with zero attached hydrogens (tertiary/aromatic N) is 1. The summed E-state index contributed by atoms with van der Waals surface area (Å²) in [5.41, 5.74) is 3.23. The lowest BCUT2D eigenvalue weighted by atomic mass is 10.1. The number of hydrogen-bond donors (Lipinski definition) is 1. The fraction of sp³-hybridized carbons (Fsp3) is 0.235. The molecule has 0 aliphatic rings. The van der Waals surface area contributed by atoms with Gasteiger partial charge in [-0.2, -0.15) is 0 Å². The maximum Gasteiger partial charge on any atom is 0.173 e. The number of anilines is 1. The second-order valence-corrected chi connectivity index (χ2v) is 6.22. The summed E-state index contributed by atoms with van der Waals surface area (Å²) in [6.45, 7) is 2.73. The zero-order chi connectivity index (χ0) is 16.1. The zero-order valence-electron chi connectivity index (χ0n) is 12.6. The monoisotopic (exact) mass is 352 g/mol. The van der Waals surface area contributed by atoms with Gasteiger partial charge in [-0.05, 0) is 48.0 Å². The third-order valence-electron chi connectivity index (χ3n) is 3.40. The Morgan fingerprint density at radius 1 is 1.14 bits per heavy atom. The predicted octanol–water partition coefficient (Wildman–Crippen LogP) is 5.38. The number of aryl methyl sites for hydroxylation is 1. The largest absolute Gasteiger partial charge is 0.348 e. The van der Waals surface area contributed by atoms with E-state index in [0.29, 0.717) is 21.7 Å². The van der Waals surface area contributed by atoms with E-state index in [-0.39, 0.29) is 0 Å². The Bertz CT molecular complexity index is 656. The maximum atomic E-state index is 6.21. The molecule has 0 aliphatic heterocycles. The molecular formula is C17H18Cl2N2S. The van der Waals surface area contributed by atoms with Gasteiger partial charge in [0.05, 0.1) is 10.0 Å². The molecule has 0 atom stereocenters. The molecule has 0 saturated carbocycles. The van der Waals surface area contributed by atoms with Crippen molar-refractivity contribution in [3.8, 4) is 0 Å². The Labute approximate surface area is 147 Å². The molecule has 0 spiro atoms. The highest BCUT2D eigenvalue weighted by Gasteiger charge is 2.10. The van der Waals surface area contributed by atoms with Crippen LogP contribution in [0.3, 0.4) is 0 Å². The number of halogens is 2. The van der Waals surface area contributed by atoms with Gasteiger partial charge in [-0.25, -0.2) is 0 Å². The van der Waals surface area contributed by atoms with Gasteiger partial charge < -0.3 is 10.2 Å². The third kappa shape index (κ3) is 4.35. The quantitative estimate of drug-likeness (QED) is 0.743. The van der Waals surface area contributed by atoms with Gasteiger partial charge in [0.25, 0.3) is 0 Å². The Morgan fingerprint density at radius 3 is 2.45 bits per heavy atom. The van der Waals surface area contributed by atoms with Crippen LogP contribution in [0.5, 0.6) is 0 Å². The van der Waals surface area contributed by atoms with E-state index in [1.807, 2.05) is 36.2 Å². The van der Waals surface area contributed by atoms with Crippen molar-refractivity contribution >= 4 is 46.2 Å². The van der Waals surface area contributed by atoms with Crippen molar-refractivity contribution in [3.05, 3.63) is 63.6 Å². The second kappa shape index (κ2) is 7.82. The highest BCUT2D eigenvalue weighted by molar-refractivity contribution is 7.80. The molecule has 0 fully saturated rings. The van der Waals surface area contributed by atoms with E-state index in [1.165, 1.54) is 5.56 Å². The van der Waals surface area contributed by atoms with Crippen LogP contribution in [-0.4, -0.2) is 17.1 Å². The van der Waals surface area contributed by atoms with Crippen LogP contribution in [0, 0.1) is 0 Å². The molecule has 0 heterocycles. The van der Waals surface area contributed by atoms with E-state index in [0.717, 1.165) is 17.7 Å². The van der Waals surface area contributed by atoms with Crippen LogP contribution < -0.4 is 5.32 Å². The van der Waals surface area contributed by atoms with Crippen molar-refractivity contribution in [3.63, 3.8) is 0 Å². The highest BCUT2D eigenvalue weighted by Crippen LogP contribution is 2.26. The third-order valence-corrected chi connectivity index (χ3v) is 4.67. The van der Waals surface area contributed by atoms with Crippen molar-refractivity contribution in [2.75, 3.05) is 12.4 Å². The summed E-state index contributed by atoms with van der Waals surface area (Å²) in [5, 5.41) is 5.00. The molecule has 22 heavy (non-hydrogen) atoms. The lowest BCUT2D eigenvalue weighted by Crippen LogP contribution is -2.30. The molecular weight excluding hydrogens is 335 g/mol. The first-order chi connectivity index (χ1) is 10.5. The summed E-state index contributed by atoms with van der Waals surface area (Å²) in [5.74, 6) is 0. The van der Waals surface area contributed by atoms with E-state index in [4.69, 9.17) is 35.4 Å². The standard InChI is InChI=1S/C17H18Cl2N2S/c1-3-12-7-9-14(10-8-12)20-17(22)21(2)11-13-5-4-6-15(18)16(13)19/h4-10H,3,11H2,1-2H3,(H,20,22). The summed E-state index contributed by atoms with van der Waals surface area (Å²) >= 11 is 17.7. The topological polar surface area (TPSA) is 15.3 Å². The average molecular weight is 353 g/mol. The Balaban J connectivity index is 2.01. The first kappa shape index (κ1) is 17.1. The minimum absolute atomic E-state index is 0.557. The summed E-state index contributed by atoms with van der Waals surface area (Å²) in [7, 11) is 1.92. The van der Waals surface area contributed by atoms with Crippen LogP contribution in [-0.2, 0) is 13.0 Å². The molecule has 0 aliphatic carbocycles. The molecule has 2 rings (SSSR count). The van der Waals surface area contributed by atoms with E-state index >= 15 is 0 Å². The van der Waals surface area contributed by atoms with Crippen LogP contribution >= 0.6 is 35.4 Å². The minimum Gasteiger partial charge on any atom is -0.348 e. The Morgan fingerprint density at radius 2 is 1.82 bits per heavy atom. The van der Waals surface area contributed by atoms with Crippen molar-refractivity contribution in [1.82, 2.24) is 4.90 Å². The van der Waals surface area contributed by atoms with Crippen molar-refractivity contribution < 1.29 is 0 Å². The molecule has 5 heteroatoms. The van der Waals surface area contributed by atoms with Crippen molar-refractivity contribution in [2.24, 2.45) is 0 Å². The van der Waals surface area contributed by atoms with Gasteiger partial charge in [0, 0.05) is 19.3 Å². The molecule has 0 unspecified atom stereocenters. The first-order valence-electron chi connectivity index (χ1n) is 7.05. The van der Waals surface area contributed by atoms with Gasteiger partial charge in [-0.1, -0.05) is 54.4 Å². The van der Waals surface area contributed by atoms with Crippen LogP contribution in [0.25, 0.3) is 0 Å². The first-order valence-corrected chi connectivity index (χ1v) is 8.21. The van der Waals surface area contributed by atoms with Crippen molar-refractivity contribution in [1.29, 1.82) is 0 Å². The van der Waals surface area contributed by atoms with E-state index in [9.17, 15) is 0 Å². The molecule has 1 N–H and O–H groups in total. The van der Waals surface area contributed by atoms with Gasteiger partial charge in [-0.3, -0.25) is 0 Å². The number of thiocarbonyl (C=S) groups is 1. The summed E-state index contributed by atoms with van der Waals surface area (Å²) in [6.07, 6.45) is 1.03. The van der Waals surface area contributed by atoms with Gasteiger partial charge in [0.2, 0.25) is 0 Å². The minimum atomic E-state index is 0.557. The van der Waals surface area contributed by atoms with Gasteiger partial charge in [0.15, 0.2) is 5.11 Å². The molecule has 2 aromatic rings. The molecule has 0 saturated heterocycles. The van der Waals surface area contributed by atoms with Crippen LogP contribution in [0.2, 0.25) is 10.0 Å². The summed E-state index contributed by atoms with van der Waals surface area (Å²) in [4.78, 5) is 1.93.